The Morgan fingerprint density at radius 1 is 0.909 bits per heavy atom. The molecule has 2 heteroatoms. The minimum absolute atomic E-state index is 0.124. The van der Waals surface area contributed by atoms with Crippen molar-refractivity contribution in [1.82, 2.24) is 0 Å². The second kappa shape index (κ2) is 7.07. The minimum Gasteiger partial charge on any atom is -0.299 e. The fourth-order valence-corrected chi connectivity index (χ4v) is 10.9. The minimum atomic E-state index is -0.192. The molecule has 184 valence electrons. The van der Waals surface area contributed by atoms with E-state index in [2.05, 4.69) is 54.5 Å². The maximum Gasteiger partial charge on any atom is 0.138 e. The molecule has 0 N–H and O–H groups in total. The summed E-state index contributed by atoms with van der Waals surface area (Å²) in [6, 6.07) is 0. The second-order valence-electron chi connectivity index (χ2n) is 14.5. The van der Waals surface area contributed by atoms with Crippen LogP contribution in [0.25, 0.3) is 0 Å². The van der Waals surface area contributed by atoms with Gasteiger partial charge < -0.3 is 0 Å². The molecule has 5 aliphatic rings. The van der Waals surface area contributed by atoms with E-state index in [-0.39, 0.29) is 27.1 Å². The molecule has 2 nitrogen and oxygen atoms in total. The lowest BCUT2D eigenvalue weighted by atomic mass is 9.33. The molecule has 0 saturated heterocycles. The number of hydrogen-bond donors (Lipinski definition) is 0. The highest BCUT2D eigenvalue weighted by Crippen LogP contribution is 2.75. The van der Waals surface area contributed by atoms with Gasteiger partial charge >= 0.3 is 0 Å². The summed E-state index contributed by atoms with van der Waals surface area (Å²) in [4.78, 5) is 26.2. The quantitative estimate of drug-likeness (QED) is 0.380. The van der Waals surface area contributed by atoms with E-state index < -0.39 is 0 Å². The zero-order valence-electron chi connectivity index (χ0n) is 22.6. The number of fused-ring (bicyclic) bond motifs is 7. The van der Waals surface area contributed by atoms with E-state index in [0.29, 0.717) is 41.2 Å². The number of carbonyl (C=O) groups is 2. The van der Waals surface area contributed by atoms with E-state index in [1.807, 2.05) is 6.92 Å². The molecule has 9 unspecified atom stereocenters. The van der Waals surface area contributed by atoms with Crippen LogP contribution in [-0.2, 0) is 9.59 Å². The molecule has 0 aromatic rings. The van der Waals surface area contributed by atoms with Crippen LogP contribution in [0.3, 0.4) is 0 Å². The summed E-state index contributed by atoms with van der Waals surface area (Å²) in [7, 11) is 0. The van der Waals surface area contributed by atoms with Gasteiger partial charge in [-0.3, -0.25) is 9.59 Å². The Labute approximate surface area is 202 Å². The fraction of sp³-hybridized carbons (Fsp3) is 0.871. The van der Waals surface area contributed by atoms with Crippen molar-refractivity contribution in [3.8, 4) is 0 Å². The topological polar surface area (TPSA) is 34.1 Å². The van der Waals surface area contributed by atoms with Gasteiger partial charge in [0.1, 0.15) is 11.6 Å². The standard InChI is InChI=1S/C31H48O2/c1-19-11-16-31(21(3)32)18-17-29(7)22(26(31)20(19)2)9-10-24-28(6)14-13-25(33)27(4,5)23(28)12-15-30(24,29)8/h9,19-20,23-24,26H,10-18H2,1-8H3. The Hall–Kier alpha value is -0.920. The number of hydrogen-bond acceptors (Lipinski definition) is 2. The molecule has 0 spiro atoms. The summed E-state index contributed by atoms with van der Waals surface area (Å²) in [5.41, 5.74) is 2.00. The summed E-state index contributed by atoms with van der Waals surface area (Å²) in [5, 5.41) is 0. The molecule has 0 aromatic heterocycles. The molecule has 4 saturated carbocycles. The highest BCUT2D eigenvalue weighted by atomic mass is 16.1. The third-order valence-corrected chi connectivity index (χ3v) is 13.4. The van der Waals surface area contributed by atoms with Gasteiger partial charge in [-0.05, 0) is 104 Å². The summed E-state index contributed by atoms with van der Waals surface area (Å²) < 4.78 is 0. The van der Waals surface area contributed by atoms with Gasteiger partial charge in [0.2, 0.25) is 0 Å². The first-order valence-corrected chi connectivity index (χ1v) is 14.0. The van der Waals surface area contributed by atoms with Crippen molar-refractivity contribution in [2.24, 2.45) is 56.7 Å². The summed E-state index contributed by atoms with van der Waals surface area (Å²) in [6.45, 7) is 19.0. The number of rotatable bonds is 1. The summed E-state index contributed by atoms with van der Waals surface area (Å²) in [5.74, 6) is 3.75. The van der Waals surface area contributed by atoms with Gasteiger partial charge in [-0.15, -0.1) is 0 Å². The molecule has 0 aliphatic heterocycles. The summed E-state index contributed by atoms with van der Waals surface area (Å²) in [6.07, 6.45) is 12.5. The lowest BCUT2D eigenvalue weighted by Gasteiger charge is -2.71. The number of carbonyl (C=O) groups excluding carboxylic acids is 2. The first kappa shape index (κ1) is 23.8. The molecular weight excluding hydrogens is 404 g/mol. The molecule has 0 amide bonds. The zero-order valence-corrected chi connectivity index (χ0v) is 22.6. The van der Waals surface area contributed by atoms with Crippen LogP contribution in [0.5, 0.6) is 0 Å². The third-order valence-electron chi connectivity index (χ3n) is 13.4. The van der Waals surface area contributed by atoms with E-state index in [0.717, 1.165) is 38.5 Å². The molecule has 0 bridgehead atoms. The average Bonchev–Trinajstić information content (AvgIpc) is 2.74. The molecule has 5 rings (SSSR count). The van der Waals surface area contributed by atoms with Crippen molar-refractivity contribution < 1.29 is 9.59 Å². The van der Waals surface area contributed by atoms with Crippen molar-refractivity contribution in [2.45, 2.75) is 113 Å². The van der Waals surface area contributed by atoms with Crippen molar-refractivity contribution in [3.63, 3.8) is 0 Å². The monoisotopic (exact) mass is 452 g/mol. The number of ketones is 2. The Bertz CT molecular complexity index is 912. The Morgan fingerprint density at radius 3 is 2.27 bits per heavy atom. The van der Waals surface area contributed by atoms with E-state index >= 15 is 0 Å². The van der Waals surface area contributed by atoms with Crippen molar-refractivity contribution in [3.05, 3.63) is 11.6 Å². The molecule has 0 radical (unpaired) electrons. The van der Waals surface area contributed by atoms with E-state index in [1.54, 1.807) is 5.57 Å². The molecule has 33 heavy (non-hydrogen) atoms. The Morgan fingerprint density at radius 2 is 1.61 bits per heavy atom. The van der Waals surface area contributed by atoms with Crippen LogP contribution in [0.2, 0.25) is 0 Å². The van der Waals surface area contributed by atoms with E-state index in [1.165, 1.54) is 19.3 Å². The van der Waals surface area contributed by atoms with Gasteiger partial charge in [-0.1, -0.05) is 60.1 Å². The maximum atomic E-state index is 13.2. The third kappa shape index (κ3) is 2.73. The molecule has 9 atom stereocenters. The Balaban J connectivity index is 1.62. The lowest BCUT2D eigenvalue weighted by molar-refractivity contribution is -0.186. The molecule has 0 heterocycles. The first-order chi connectivity index (χ1) is 15.3. The number of Topliss-reactive ketones (excluding diaryl/α,β-unsaturated/α-hetero) is 2. The predicted molar refractivity (Wildman–Crippen MR) is 135 cm³/mol. The van der Waals surface area contributed by atoms with Gasteiger partial charge in [0.25, 0.3) is 0 Å². The van der Waals surface area contributed by atoms with Crippen LogP contribution in [0.1, 0.15) is 113 Å². The highest BCUT2D eigenvalue weighted by Gasteiger charge is 2.69. The molecule has 5 aliphatic carbocycles. The van der Waals surface area contributed by atoms with Crippen LogP contribution in [-0.4, -0.2) is 11.6 Å². The SMILES string of the molecule is CC(=O)C12CCC(C)C(C)C1C1=CCC3C4(C)CCC(=O)C(C)(C)C4CCC3(C)C1(C)CC2. The maximum absolute atomic E-state index is 13.2. The summed E-state index contributed by atoms with van der Waals surface area (Å²) >= 11 is 0. The van der Waals surface area contributed by atoms with Crippen molar-refractivity contribution in [2.75, 3.05) is 0 Å². The van der Waals surface area contributed by atoms with Crippen LogP contribution >= 0.6 is 0 Å². The van der Waals surface area contributed by atoms with Gasteiger partial charge in [0, 0.05) is 17.3 Å². The number of allylic oxidation sites excluding steroid dienone is 2. The molecule has 0 aromatic carbocycles. The van der Waals surface area contributed by atoms with Crippen LogP contribution in [0.4, 0.5) is 0 Å². The predicted octanol–water partition coefficient (Wildman–Crippen LogP) is 7.80. The largest absolute Gasteiger partial charge is 0.299 e. The first-order valence-electron chi connectivity index (χ1n) is 14.0. The van der Waals surface area contributed by atoms with Gasteiger partial charge in [-0.25, -0.2) is 0 Å². The van der Waals surface area contributed by atoms with Crippen LogP contribution in [0.15, 0.2) is 11.6 Å². The van der Waals surface area contributed by atoms with Gasteiger partial charge in [0.15, 0.2) is 0 Å². The Kier molecular flexibility index (Phi) is 5.10. The second-order valence-corrected chi connectivity index (χ2v) is 14.5. The van der Waals surface area contributed by atoms with E-state index in [9.17, 15) is 9.59 Å². The van der Waals surface area contributed by atoms with E-state index in [4.69, 9.17) is 0 Å². The van der Waals surface area contributed by atoms with Crippen LogP contribution in [0, 0.1) is 56.7 Å². The van der Waals surface area contributed by atoms with Crippen LogP contribution < -0.4 is 0 Å². The average molecular weight is 453 g/mol. The molecule has 4 fully saturated rings. The highest BCUT2D eigenvalue weighted by molar-refractivity contribution is 5.85. The van der Waals surface area contributed by atoms with Crippen molar-refractivity contribution in [1.29, 1.82) is 0 Å². The van der Waals surface area contributed by atoms with Gasteiger partial charge in [0.05, 0.1) is 0 Å². The van der Waals surface area contributed by atoms with Crippen molar-refractivity contribution >= 4 is 11.6 Å². The zero-order chi connectivity index (χ0) is 24.2. The molecular formula is C31H48O2. The smallest absolute Gasteiger partial charge is 0.138 e. The fourth-order valence-electron chi connectivity index (χ4n) is 10.9. The van der Waals surface area contributed by atoms with Gasteiger partial charge in [-0.2, -0.15) is 0 Å². The lowest BCUT2D eigenvalue weighted by Crippen LogP contribution is -2.65. The normalized spacial score (nSPS) is 53.2.